The van der Waals surface area contributed by atoms with E-state index in [-0.39, 0.29) is 38.5 Å². The molecule has 1 heterocycles. The summed E-state index contributed by atoms with van der Waals surface area (Å²) in [4.78, 5) is 37.6. The number of hydrogen-bond donors (Lipinski definition) is 1. The van der Waals surface area contributed by atoms with Crippen LogP contribution in [0.3, 0.4) is 0 Å². The van der Waals surface area contributed by atoms with Crippen molar-refractivity contribution in [2.24, 2.45) is 0 Å². The van der Waals surface area contributed by atoms with Crippen molar-refractivity contribution in [1.29, 1.82) is 0 Å². The molecule has 0 saturated carbocycles. The van der Waals surface area contributed by atoms with Gasteiger partial charge in [0.1, 0.15) is 6.54 Å². The first-order valence-corrected chi connectivity index (χ1v) is 8.62. The Labute approximate surface area is 156 Å². The van der Waals surface area contributed by atoms with Gasteiger partial charge in [-0.1, -0.05) is 41.6 Å². The Balaban J connectivity index is 1.76. The average Bonchev–Trinajstić information content (AvgIpc) is 2.83. The van der Waals surface area contributed by atoms with Crippen molar-refractivity contribution in [3.05, 3.63) is 58.6 Å². The Kier molecular flexibility index (Phi) is 5.24. The highest BCUT2D eigenvalue weighted by molar-refractivity contribution is 7.99. The van der Waals surface area contributed by atoms with E-state index in [2.05, 4.69) is 5.32 Å². The molecule has 2 aromatic carbocycles. The Morgan fingerprint density at radius 1 is 1.08 bits per heavy atom. The van der Waals surface area contributed by atoms with E-state index in [0.717, 1.165) is 4.90 Å². The number of imide groups is 1. The highest BCUT2D eigenvalue weighted by Gasteiger charge is 2.36. The summed E-state index contributed by atoms with van der Waals surface area (Å²) in [7, 11) is 0. The van der Waals surface area contributed by atoms with Gasteiger partial charge < -0.3 is 5.32 Å². The minimum Gasteiger partial charge on any atom is -0.323 e. The molecule has 0 saturated heterocycles. The normalized spacial score (nSPS) is 13.3. The third kappa shape index (κ3) is 3.56. The predicted molar refractivity (Wildman–Crippen MR) is 93.8 cm³/mol. The zero-order chi connectivity index (χ0) is 18.8. The average molecular weight is 397 g/mol. The lowest BCUT2D eigenvalue weighted by Gasteiger charge is -2.15. The summed E-state index contributed by atoms with van der Waals surface area (Å²) in [6.45, 7) is -0.530. The van der Waals surface area contributed by atoms with Crippen LogP contribution in [0.5, 0.6) is 0 Å². The van der Waals surface area contributed by atoms with Crippen LogP contribution in [0.4, 0.5) is 14.5 Å². The Hall–Kier alpha value is -2.45. The summed E-state index contributed by atoms with van der Waals surface area (Å²) in [5, 5.41) is 2.49. The van der Waals surface area contributed by atoms with Gasteiger partial charge in [-0.05, 0) is 24.3 Å². The smallest absolute Gasteiger partial charge is 0.289 e. The first-order chi connectivity index (χ1) is 12.4. The molecule has 0 aliphatic carbocycles. The van der Waals surface area contributed by atoms with Crippen molar-refractivity contribution < 1.29 is 23.2 Å². The maximum Gasteiger partial charge on any atom is 0.289 e. The molecule has 0 fully saturated rings. The van der Waals surface area contributed by atoms with Crippen molar-refractivity contribution in [3.8, 4) is 0 Å². The third-order valence-corrected chi connectivity index (χ3v) is 4.91. The molecule has 2 aromatic rings. The van der Waals surface area contributed by atoms with E-state index in [9.17, 15) is 23.2 Å². The predicted octanol–water partition coefficient (Wildman–Crippen LogP) is 3.89. The molecule has 0 radical (unpaired) electrons. The summed E-state index contributed by atoms with van der Waals surface area (Å²) >= 11 is 6.11. The molecule has 0 unspecified atom stereocenters. The highest BCUT2D eigenvalue weighted by atomic mass is 35.5. The highest BCUT2D eigenvalue weighted by Crippen LogP contribution is 2.37. The molecule has 0 spiro atoms. The Morgan fingerprint density at radius 3 is 2.27 bits per heavy atom. The number of anilines is 1. The standard InChI is InChI=1S/C17H11ClF2N2O3S/c18-11-6-3-7-12(14(11)26-17(19)20)21-13(23)8-22-15(24)9-4-1-2-5-10(9)16(22)25/h1-7,17H,8H2,(H,21,23). The molecule has 134 valence electrons. The van der Waals surface area contributed by atoms with E-state index in [1.807, 2.05) is 0 Å². The molecule has 26 heavy (non-hydrogen) atoms. The van der Waals surface area contributed by atoms with Gasteiger partial charge >= 0.3 is 0 Å². The van der Waals surface area contributed by atoms with E-state index in [4.69, 9.17) is 11.6 Å². The zero-order valence-electron chi connectivity index (χ0n) is 13.0. The van der Waals surface area contributed by atoms with Crippen LogP contribution in [0.25, 0.3) is 0 Å². The van der Waals surface area contributed by atoms with Gasteiger partial charge in [0.25, 0.3) is 17.6 Å². The van der Waals surface area contributed by atoms with E-state index in [0.29, 0.717) is 0 Å². The third-order valence-electron chi connectivity index (χ3n) is 3.63. The van der Waals surface area contributed by atoms with Crippen molar-refractivity contribution >= 4 is 46.8 Å². The minimum atomic E-state index is -2.72. The monoisotopic (exact) mass is 396 g/mol. The number of benzene rings is 2. The summed E-state index contributed by atoms with van der Waals surface area (Å²) in [6.07, 6.45) is 0. The fourth-order valence-electron chi connectivity index (χ4n) is 2.53. The molecule has 9 heteroatoms. The molecule has 1 aliphatic heterocycles. The van der Waals surface area contributed by atoms with Gasteiger partial charge in [-0.2, -0.15) is 8.78 Å². The second-order valence-corrected chi connectivity index (χ2v) is 6.69. The second-order valence-electron chi connectivity index (χ2n) is 5.29. The number of rotatable bonds is 5. The molecule has 0 bridgehead atoms. The second kappa shape index (κ2) is 7.43. The number of alkyl halides is 2. The van der Waals surface area contributed by atoms with Crippen LogP contribution in [0.15, 0.2) is 47.4 Å². The van der Waals surface area contributed by atoms with Crippen molar-refractivity contribution in [2.75, 3.05) is 11.9 Å². The summed E-state index contributed by atoms with van der Waals surface area (Å²) in [5.74, 6) is -4.57. The van der Waals surface area contributed by atoms with E-state index < -0.39 is 30.0 Å². The van der Waals surface area contributed by atoms with E-state index >= 15 is 0 Å². The molecule has 0 aromatic heterocycles. The lowest BCUT2D eigenvalue weighted by Crippen LogP contribution is -2.37. The van der Waals surface area contributed by atoms with Crippen LogP contribution >= 0.6 is 23.4 Å². The largest absolute Gasteiger partial charge is 0.323 e. The van der Waals surface area contributed by atoms with E-state index in [1.165, 1.54) is 30.3 Å². The molecular formula is C17H11ClF2N2O3S. The number of fused-ring (bicyclic) bond motifs is 1. The number of carbonyl (C=O) groups excluding carboxylic acids is 3. The van der Waals surface area contributed by atoms with Gasteiger partial charge in [0.2, 0.25) is 5.91 Å². The SMILES string of the molecule is O=C(CN1C(=O)c2ccccc2C1=O)Nc1cccc(Cl)c1SC(F)F. The van der Waals surface area contributed by atoms with Gasteiger partial charge in [-0.3, -0.25) is 19.3 Å². The van der Waals surface area contributed by atoms with Crippen LogP contribution < -0.4 is 5.32 Å². The lowest BCUT2D eigenvalue weighted by molar-refractivity contribution is -0.116. The summed E-state index contributed by atoms with van der Waals surface area (Å²) < 4.78 is 25.4. The first kappa shape index (κ1) is 18.3. The number of nitrogens with zero attached hydrogens (tertiary/aromatic N) is 1. The van der Waals surface area contributed by atoms with Crippen molar-refractivity contribution in [3.63, 3.8) is 0 Å². The topological polar surface area (TPSA) is 66.5 Å². The van der Waals surface area contributed by atoms with Crippen LogP contribution in [-0.2, 0) is 4.79 Å². The van der Waals surface area contributed by atoms with Crippen LogP contribution in [-0.4, -0.2) is 34.9 Å². The number of carbonyl (C=O) groups is 3. The van der Waals surface area contributed by atoms with Gasteiger partial charge in [0, 0.05) is 0 Å². The van der Waals surface area contributed by atoms with Gasteiger partial charge in [-0.15, -0.1) is 0 Å². The van der Waals surface area contributed by atoms with Crippen molar-refractivity contribution in [1.82, 2.24) is 4.90 Å². The number of nitrogens with one attached hydrogen (secondary N) is 1. The lowest BCUT2D eigenvalue weighted by atomic mass is 10.1. The van der Waals surface area contributed by atoms with E-state index in [1.54, 1.807) is 12.1 Å². The van der Waals surface area contributed by atoms with Crippen LogP contribution in [0, 0.1) is 0 Å². The number of thioether (sulfide) groups is 1. The number of amides is 3. The number of hydrogen-bond acceptors (Lipinski definition) is 4. The van der Waals surface area contributed by atoms with Gasteiger partial charge in [-0.25, -0.2) is 0 Å². The molecule has 3 rings (SSSR count). The van der Waals surface area contributed by atoms with Crippen LogP contribution in [0.1, 0.15) is 20.7 Å². The molecule has 0 atom stereocenters. The fourth-order valence-corrected chi connectivity index (χ4v) is 3.45. The first-order valence-electron chi connectivity index (χ1n) is 7.37. The van der Waals surface area contributed by atoms with Gasteiger partial charge in [0.15, 0.2) is 0 Å². The molecule has 1 N–H and O–H groups in total. The Bertz CT molecular complexity index is 872. The van der Waals surface area contributed by atoms with Crippen LogP contribution in [0.2, 0.25) is 5.02 Å². The maximum absolute atomic E-state index is 12.7. The molecular weight excluding hydrogens is 386 g/mol. The quantitative estimate of drug-likeness (QED) is 0.615. The minimum absolute atomic E-state index is 0.0138. The fraction of sp³-hybridized carbons (Fsp3) is 0.118. The molecule has 5 nitrogen and oxygen atoms in total. The summed E-state index contributed by atoms with van der Waals surface area (Å²) in [5.41, 5.74) is 0.536. The van der Waals surface area contributed by atoms with Gasteiger partial charge in [0.05, 0.1) is 26.7 Å². The Morgan fingerprint density at radius 2 is 1.69 bits per heavy atom. The molecule has 1 aliphatic rings. The maximum atomic E-state index is 12.7. The summed E-state index contributed by atoms with van der Waals surface area (Å²) in [6, 6.07) is 10.6. The van der Waals surface area contributed by atoms with Crippen molar-refractivity contribution in [2.45, 2.75) is 10.7 Å². The number of halogens is 3. The zero-order valence-corrected chi connectivity index (χ0v) is 14.6. The molecule has 3 amide bonds.